The number of β-amino-alcohol motifs (C(OH)–C–C–N with tert-alkyl or cyclic N) is 1. The first-order valence-electron chi connectivity index (χ1n) is 11.1. The van der Waals surface area contributed by atoms with Crippen molar-refractivity contribution in [1.29, 1.82) is 0 Å². The lowest BCUT2D eigenvalue weighted by Gasteiger charge is -2.35. The van der Waals surface area contributed by atoms with Gasteiger partial charge in [0.2, 0.25) is 0 Å². The van der Waals surface area contributed by atoms with Gasteiger partial charge in [-0.25, -0.2) is 9.98 Å². The van der Waals surface area contributed by atoms with Crippen LogP contribution in [0.5, 0.6) is 11.5 Å². The summed E-state index contributed by atoms with van der Waals surface area (Å²) < 4.78 is 6.11. The molecular weight excluding hydrogens is 428 g/mol. The van der Waals surface area contributed by atoms with Crippen molar-refractivity contribution in [1.82, 2.24) is 19.8 Å². The summed E-state index contributed by atoms with van der Waals surface area (Å²) in [5, 5.41) is 9.87. The van der Waals surface area contributed by atoms with Crippen LogP contribution < -0.4 is 9.64 Å². The molecule has 1 fully saturated rings. The highest BCUT2D eigenvalue weighted by Gasteiger charge is 2.22. The number of aliphatic imine (C=N–C) groups is 1. The molecular formula is C23H33ClN6O2. The average Bonchev–Trinajstić information content (AvgIpc) is 2.76. The molecule has 0 aliphatic carbocycles. The molecule has 32 heavy (non-hydrogen) atoms. The third-order valence-corrected chi connectivity index (χ3v) is 5.60. The van der Waals surface area contributed by atoms with Crippen LogP contribution in [0.25, 0.3) is 0 Å². The summed E-state index contributed by atoms with van der Waals surface area (Å²) in [5.41, 5.74) is 0. The molecule has 1 aromatic carbocycles. The Balaban J connectivity index is 1.86. The van der Waals surface area contributed by atoms with Gasteiger partial charge in [-0.05, 0) is 52.0 Å². The zero-order valence-electron chi connectivity index (χ0n) is 19.3. The maximum absolute atomic E-state index is 9.22. The Labute approximate surface area is 195 Å². The second-order valence-corrected chi connectivity index (χ2v) is 8.78. The summed E-state index contributed by atoms with van der Waals surface area (Å²) in [6.07, 6.45) is 3.49. The number of aliphatic hydroxyl groups excluding tert-OH is 1. The minimum absolute atomic E-state index is 0.166. The van der Waals surface area contributed by atoms with E-state index in [1.165, 1.54) is 0 Å². The SMILES string of the molecule is CC(C)N(C=Nc1ncc(Oc2ccc(Cl)cc2)c(N2CCN(CCO)CC2)n1)C(C)C. The molecule has 0 atom stereocenters. The van der Waals surface area contributed by atoms with Gasteiger partial charge < -0.3 is 19.6 Å². The molecule has 0 saturated carbocycles. The molecule has 1 aliphatic rings. The lowest BCUT2D eigenvalue weighted by molar-refractivity contribution is 0.188. The maximum atomic E-state index is 9.22. The maximum Gasteiger partial charge on any atom is 0.252 e. The van der Waals surface area contributed by atoms with Crippen LogP contribution in [0.3, 0.4) is 0 Å². The third-order valence-electron chi connectivity index (χ3n) is 5.35. The van der Waals surface area contributed by atoms with Crippen LogP contribution in [-0.2, 0) is 0 Å². The van der Waals surface area contributed by atoms with Crippen molar-refractivity contribution in [3.8, 4) is 11.5 Å². The molecule has 1 aliphatic heterocycles. The smallest absolute Gasteiger partial charge is 0.252 e. The number of halogens is 1. The van der Waals surface area contributed by atoms with E-state index < -0.39 is 0 Å². The van der Waals surface area contributed by atoms with Crippen LogP contribution in [0.2, 0.25) is 5.02 Å². The molecule has 174 valence electrons. The van der Waals surface area contributed by atoms with E-state index in [-0.39, 0.29) is 6.61 Å². The summed E-state index contributed by atoms with van der Waals surface area (Å²) in [4.78, 5) is 20.3. The topological polar surface area (TPSA) is 77.3 Å². The zero-order valence-corrected chi connectivity index (χ0v) is 20.0. The van der Waals surface area contributed by atoms with Crippen LogP contribution in [0, 0.1) is 0 Å². The van der Waals surface area contributed by atoms with Crippen molar-refractivity contribution >= 4 is 29.7 Å². The lowest BCUT2D eigenvalue weighted by atomic mass is 10.2. The van der Waals surface area contributed by atoms with Gasteiger partial charge in [-0.2, -0.15) is 4.98 Å². The summed E-state index contributed by atoms with van der Waals surface area (Å²) in [7, 11) is 0. The fourth-order valence-electron chi connectivity index (χ4n) is 3.65. The van der Waals surface area contributed by atoms with Crippen molar-refractivity contribution in [3.63, 3.8) is 0 Å². The van der Waals surface area contributed by atoms with E-state index in [2.05, 4.69) is 52.4 Å². The van der Waals surface area contributed by atoms with Crippen molar-refractivity contribution in [2.45, 2.75) is 39.8 Å². The molecule has 8 nitrogen and oxygen atoms in total. The van der Waals surface area contributed by atoms with E-state index >= 15 is 0 Å². The highest BCUT2D eigenvalue weighted by atomic mass is 35.5. The predicted octanol–water partition coefficient (Wildman–Crippen LogP) is 3.82. The molecule has 1 saturated heterocycles. The number of rotatable bonds is 9. The molecule has 2 aromatic rings. The van der Waals surface area contributed by atoms with E-state index in [1.807, 2.05) is 18.5 Å². The fraction of sp³-hybridized carbons (Fsp3) is 0.522. The van der Waals surface area contributed by atoms with E-state index in [4.69, 9.17) is 21.3 Å². The van der Waals surface area contributed by atoms with Crippen molar-refractivity contribution in [2.75, 3.05) is 44.2 Å². The minimum Gasteiger partial charge on any atom is -0.452 e. The van der Waals surface area contributed by atoms with Gasteiger partial charge in [0.05, 0.1) is 19.1 Å². The molecule has 0 bridgehead atoms. The van der Waals surface area contributed by atoms with Gasteiger partial charge in [-0.1, -0.05) is 11.6 Å². The van der Waals surface area contributed by atoms with Crippen molar-refractivity contribution < 1.29 is 9.84 Å². The predicted molar refractivity (Wildman–Crippen MR) is 130 cm³/mol. The number of hydrogen-bond acceptors (Lipinski definition) is 7. The van der Waals surface area contributed by atoms with Crippen LogP contribution in [0.4, 0.5) is 11.8 Å². The highest BCUT2D eigenvalue weighted by Crippen LogP contribution is 2.32. The van der Waals surface area contributed by atoms with E-state index in [0.717, 1.165) is 26.2 Å². The van der Waals surface area contributed by atoms with Gasteiger partial charge in [0, 0.05) is 49.8 Å². The molecule has 0 radical (unpaired) electrons. The number of benzene rings is 1. The molecule has 1 aromatic heterocycles. The number of hydrogen-bond donors (Lipinski definition) is 1. The summed E-state index contributed by atoms with van der Waals surface area (Å²) >= 11 is 6.00. The highest BCUT2D eigenvalue weighted by molar-refractivity contribution is 6.30. The normalized spacial score (nSPS) is 15.2. The quantitative estimate of drug-likeness (QED) is 0.450. The standard InChI is InChI=1S/C23H33ClN6O2/c1-17(2)30(18(3)4)16-26-23-25-15-21(32-20-7-5-19(24)6-8-20)22(27-23)29-11-9-28(10-12-29)13-14-31/h5-8,15-18,31H,9-14H2,1-4H3. The van der Waals surface area contributed by atoms with E-state index in [9.17, 15) is 5.11 Å². The van der Waals surface area contributed by atoms with E-state index in [1.54, 1.807) is 18.3 Å². The Hall–Kier alpha value is -2.42. The first kappa shape index (κ1) is 24.2. The monoisotopic (exact) mass is 460 g/mol. The van der Waals surface area contributed by atoms with Crippen LogP contribution in [0.1, 0.15) is 27.7 Å². The second-order valence-electron chi connectivity index (χ2n) is 8.35. The Morgan fingerprint density at radius 2 is 1.78 bits per heavy atom. The van der Waals surface area contributed by atoms with E-state index in [0.29, 0.717) is 46.9 Å². The molecule has 0 unspecified atom stereocenters. The van der Waals surface area contributed by atoms with Gasteiger partial charge in [0.15, 0.2) is 11.6 Å². The number of piperazine rings is 1. The largest absolute Gasteiger partial charge is 0.452 e. The molecule has 1 N–H and O–H groups in total. The third kappa shape index (κ3) is 6.54. The minimum atomic E-state index is 0.166. The van der Waals surface area contributed by atoms with Crippen LogP contribution >= 0.6 is 11.6 Å². The van der Waals surface area contributed by atoms with Crippen LogP contribution in [-0.4, -0.2) is 82.6 Å². The Morgan fingerprint density at radius 3 is 2.38 bits per heavy atom. The van der Waals surface area contributed by atoms with Gasteiger partial charge in [0.1, 0.15) is 5.75 Å². The summed E-state index contributed by atoms with van der Waals surface area (Å²) in [6, 6.07) is 7.86. The molecule has 9 heteroatoms. The summed E-state index contributed by atoms with van der Waals surface area (Å²) in [6.45, 7) is 12.6. The number of ether oxygens (including phenoxy) is 1. The van der Waals surface area contributed by atoms with Crippen LogP contribution in [0.15, 0.2) is 35.5 Å². The molecule has 2 heterocycles. The first-order chi connectivity index (χ1) is 15.4. The number of aromatic nitrogens is 2. The fourth-order valence-corrected chi connectivity index (χ4v) is 3.78. The van der Waals surface area contributed by atoms with Crippen molar-refractivity contribution in [2.24, 2.45) is 4.99 Å². The number of nitrogens with zero attached hydrogens (tertiary/aromatic N) is 6. The summed E-state index contributed by atoms with van der Waals surface area (Å²) in [5.74, 6) is 2.35. The Kier molecular flexibility index (Phi) is 8.67. The average molecular weight is 461 g/mol. The molecule has 3 rings (SSSR count). The van der Waals surface area contributed by atoms with Gasteiger partial charge in [-0.3, -0.25) is 4.90 Å². The molecule has 0 amide bonds. The van der Waals surface area contributed by atoms with Crippen molar-refractivity contribution in [3.05, 3.63) is 35.5 Å². The van der Waals surface area contributed by atoms with Gasteiger partial charge >= 0.3 is 0 Å². The number of anilines is 1. The second kappa shape index (κ2) is 11.4. The molecule has 0 spiro atoms. The Bertz CT molecular complexity index is 875. The lowest BCUT2D eigenvalue weighted by Crippen LogP contribution is -2.47. The first-order valence-corrected chi connectivity index (χ1v) is 11.5. The van der Waals surface area contributed by atoms with Gasteiger partial charge in [0.25, 0.3) is 5.95 Å². The van der Waals surface area contributed by atoms with Gasteiger partial charge in [-0.15, -0.1) is 0 Å². The zero-order chi connectivity index (χ0) is 23.1. The number of aliphatic hydroxyl groups is 1. The Morgan fingerprint density at radius 1 is 1.12 bits per heavy atom.